The van der Waals surface area contributed by atoms with Gasteiger partial charge in [-0.05, 0) is 42.5 Å². The molecule has 0 fully saturated rings. The summed E-state index contributed by atoms with van der Waals surface area (Å²) >= 11 is 0. The predicted molar refractivity (Wildman–Crippen MR) is 120 cm³/mol. The number of carboxylic acid groups (broad SMARTS) is 1. The minimum Gasteiger partial charge on any atom is -0.494 e. The van der Waals surface area contributed by atoms with Gasteiger partial charge in [-0.25, -0.2) is 0 Å². The molecule has 0 aliphatic carbocycles. The van der Waals surface area contributed by atoms with E-state index in [2.05, 4.69) is 16.9 Å². The molecule has 2 aromatic carbocycles. The molecule has 0 spiro atoms. The fourth-order valence-electron chi connectivity index (χ4n) is 3.20. The second kappa shape index (κ2) is 13.9. The number of benzene rings is 2. The third-order valence-electron chi connectivity index (χ3n) is 4.96. The summed E-state index contributed by atoms with van der Waals surface area (Å²) in [6.07, 6.45) is 2.38. The summed E-state index contributed by atoms with van der Waals surface area (Å²) in [7, 11) is 1.32. The number of methoxy groups -OCH3 is 1. The van der Waals surface area contributed by atoms with Crippen LogP contribution < -0.4 is 4.74 Å². The Morgan fingerprint density at radius 2 is 1.59 bits per heavy atom. The van der Waals surface area contributed by atoms with Crippen LogP contribution in [0.2, 0.25) is 0 Å². The van der Waals surface area contributed by atoms with E-state index in [9.17, 15) is 14.4 Å². The minimum atomic E-state index is -0.840. The van der Waals surface area contributed by atoms with Crippen LogP contribution in [0.25, 0.3) is 0 Å². The number of carboxylic acids is 1. The van der Waals surface area contributed by atoms with Crippen LogP contribution in [-0.2, 0) is 32.1 Å². The van der Waals surface area contributed by atoms with Crippen LogP contribution in [0.3, 0.4) is 0 Å². The summed E-state index contributed by atoms with van der Waals surface area (Å²) < 4.78 is 10.2. The Morgan fingerprint density at radius 1 is 0.875 bits per heavy atom. The Hall–Kier alpha value is -3.35. The molecular formula is C25H31NO6. The van der Waals surface area contributed by atoms with Crippen molar-refractivity contribution < 1.29 is 29.0 Å². The molecule has 32 heavy (non-hydrogen) atoms. The topological polar surface area (TPSA) is 93.1 Å². The van der Waals surface area contributed by atoms with Gasteiger partial charge in [-0.1, -0.05) is 42.5 Å². The average Bonchev–Trinajstić information content (AvgIpc) is 2.81. The molecule has 172 valence electrons. The highest BCUT2D eigenvalue weighted by Crippen LogP contribution is 2.16. The molecule has 0 unspecified atom stereocenters. The maximum Gasteiger partial charge on any atom is 0.306 e. The van der Waals surface area contributed by atoms with Crippen LogP contribution in [0, 0.1) is 0 Å². The van der Waals surface area contributed by atoms with Gasteiger partial charge in [0.2, 0.25) is 5.91 Å². The number of nitrogens with zero attached hydrogens (tertiary/aromatic N) is 1. The van der Waals surface area contributed by atoms with E-state index in [0.29, 0.717) is 31.9 Å². The number of esters is 1. The third-order valence-corrected chi connectivity index (χ3v) is 4.96. The molecule has 0 heterocycles. The lowest BCUT2D eigenvalue weighted by Crippen LogP contribution is -2.32. The van der Waals surface area contributed by atoms with Gasteiger partial charge in [0, 0.05) is 25.9 Å². The van der Waals surface area contributed by atoms with E-state index in [1.807, 2.05) is 42.5 Å². The first-order chi connectivity index (χ1) is 15.5. The number of hydrogen-bond donors (Lipinski definition) is 1. The monoisotopic (exact) mass is 441 g/mol. The van der Waals surface area contributed by atoms with Crippen molar-refractivity contribution in [2.24, 2.45) is 0 Å². The summed E-state index contributed by atoms with van der Waals surface area (Å²) in [6, 6.07) is 17.5. The summed E-state index contributed by atoms with van der Waals surface area (Å²) in [4.78, 5) is 36.5. The zero-order valence-electron chi connectivity index (χ0n) is 18.5. The summed E-state index contributed by atoms with van der Waals surface area (Å²) in [5.74, 6) is -0.663. The van der Waals surface area contributed by atoms with Crippen molar-refractivity contribution in [1.29, 1.82) is 0 Å². The highest BCUT2D eigenvalue weighted by molar-refractivity contribution is 5.81. The van der Waals surface area contributed by atoms with Gasteiger partial charge < -0.3 is 19.5 Å². The zero-order valence-corrected chi connectivity index (χ0v) is 18.5. The third kappa shape index (κ3) is 9.64. The molecule has 1 N–H and O–H groups in total. The van der Waals surface area contributed by atoms with Gasteiger partial charge in [-0.3, -0.25) is 14.4 Å². The lowest BCUT2D eigenvalue weighted by Gasteiger charge is -2.23. The van der Waals surface area contributed by atoms with Crippen molar-refractivity contribution in [2.75, 3.05) is 20.3 Å². The van der Waals surface area contributed by atoms with E-state index in [1.165, 1.54) is 12.7 Å². The van der Waals surface area contributed by atoms with Gasteiger partial charge >= 0.3 is 11.9 Å². The maximum absolute atomic E-state index is 12.8. The maximum atomic E-state index is 12.8. The summed E-state index contributed by atoms with van der Waals surface area (Å²) in [5, 5.41) is 8.67. The molecular weight excluding hydrogens is 410 g/mol. The molecule has 0 aliphatic rings. The van der Waals surface area contributed by atoms with E-state index < -0.39 is 11.9 Å². The number of rotatable bonds is 14. The zero-order chi connectivity index (χ0) is 23.2. The van der Waals surface area contributed by atoms with Gasteiger partial charge in [0.25, 0.3) is 0 Å². The largest absolute Gasteiger partial charge is 0.494 e. The fraction of sp³-hybridized carbons (Fsp3) is 0.400. The van der Waals surface area contributed by atoms with Crippen molar-refractivity contribution >= 4 is 17.8 Å². The number of aliphatic carboxylic acids is 1. The normalized spacial score (nSPS) is 10.4. The first-order valence-electron chi connectivity index (χ1n) is 10.8. The minimum absolute atomic E-state index is 0.0631. The summed E-state index contributed by atoms with van der Waals surface area (Å²) in [6.45, 7) is 1.36. The average molecular weight is 442 g/mol. The van der Waals surface area contributed by atoms with E-state index in [0.717, 1.165) is 18.4 Å². The van der Waals surface area contributed by atoms with Gasteiger partial charge in [0.15, 0.2) is 0 Å². The van der Waals surface area contributed by atoms with Crippen LogP contribution in [0.5, 0.6) is 5.75 Å². The van der Waals surface area contributed by atoms with Crippen molar-refractivity contribution in [3.05, 3.63) is 65.7 Å². The molecule has 0 bridgehead atoms. The molecule has 0 saturated heterocycles. The molecule has 0 aliphatic heterocycles. The number of aryl methyl sites for hydroxylation is 1. The Bertz CT molecular complexity index is 850. The summed E-state index contributed by atoms with van der Waals surface area (Å²) in [5.41, 5.74) is 2.17. The van der Waals surface area contributed by atoms with Crippen LogP contribution in [0.1, 0.15) is 43.2 Å². The number of ether oxygens (including phenoxy) is 2. The fourth-order valence-corrected chi connectivity index (χ4v) is 3.20. The molecule has 0 radical (unpaired) electrons. The van der Waals surface area contributed by atoms with E-state index in [1.54, 1.807) is 4.90 Å². The molecule has 0 atom stereocenters. The Morgan fingerprint density at radius 3 is 2.25 bits per heavy atom. The number of amides is 1. The van der Waals surface area contributed by atoms with Gasteiger partial charge in [-0.15, -0.1) is 0 Å². The van der Waals surface area contributed by atoms with Crippen molar-refractivity contribution in [1.82, 2.24) is 4.90 Å². The molecule has 0 aromatic heterocycles. The van der Waals surface area contributed by atoms with E-state index >= 15 is 0 Å². The van der Waals surface area contributed by atoms with E-state index in [-0.39, 0.29) is 25.2 Å². The molecule has 2 aromatic rings. The molecule has 1 amide bonds. The van der Waals surface area contributed by atoms with Gasteiger partial charge in [-0.2, -0.15) is 0 Å². The lowest BCUT2D eigenvalue weighted by atomic mass is 10.1. The smallest absolute Gasteiger partial charge is 0.306 e. The Balaban J connectivity index is 1.92. The predicted octanol–water partition coefficient (Wildman–Crippen LogP) is 3.84. The van der Waals surface area contributed by atoms with Crippen LogP contribution in [0.4, 0.5) is 0 Å². The van der Waals surface area contributed by atoms with Crippen molar-refractivity contribution in [3.8, 4) is 5.75 Å². The van der Waals surface area contributed by atoms with Crippen molar-refractivity contribution in [2.45, 2.75) is 45.1 Å². The Kier molecular flexibility index (Phi) is 10.8. The van der Waals surface area contributed by atoms with Crippen LogP contribution in [0.15, 0.2) is 54.6 Å². The highest BCUT2D eigenvalue weighted by atomic mass is 16.5. The Labute approximate surface area is 188 Å². The standard InChI is InChI=1S/C25H31NO6/c1-31-25(30)16-15-23(27)26(17-5-9-20-7-3-2-4-8-20)19-21-11-13-22(14-12-21)32-18-6-10-24(28)29/h2-4,7-8,11-14H,5-6,9-10,15-19H2,1H3,(H,28,29). The number of carbonyl (C=O) groups excluding carboxylic acids is 2. The second-order valence-electron chi connectivity index (χ2n) is 7.47. The van der Waals surface area contributed by atoms with Crippen molar-refractivity contribution in [3.63, 3.8) is 0 Å². The van der Waals surface area contributed by atoms with Crippen LogP contribution >= 0.6 is 0 Å². The number of hydrogen-bond acceptors (Lipinski definition) is 5. The highest BCUT2D eigenvalue weighted by Gasteiger charge is 2.16. The molecule has 0 saturated carbocycles. The first kappa shape index (κ1) is 24.9. The number of carbonyl (C=O) groups is 3. The van der Waals surface area contributed by atoms with Crippen LogP contribution in [-0.4, -0.2) is 48.1 Å². The SMILES string of the molecule is COC(=O)CCC(=O)N(CCCc1ccccc1)Cc1ccc(OCCCC(=O)O)cc1. The van der Waals surface area contributed by atoms with E-state index in [4.69, 9.17) is 9.84 Å². The molecule has 7 nitrogen and oxygen atoms in total. The lowest BCUT2D eigenvalue weighted by molar-refractivity contribution is -0.143. The molecule has 7 heteroatoms. The van der Waals surface area contributed by atoms with Gasteiger partial charge in [0.1, 0.15) is 5.75 Å². The van der Waals surface area contributed by atoms with Gasteiger partial charge in [0.05, 0.1) is 20.1 Å². The first-order valence-corrected chi connectivity index (χ1v) is 10.8. The molecule has 2 rings (SSSR count). The quantitative estimate of drug-likeness (QED) is 0.354. The second-order valence-corrected chi connectivity index (χ2v) is 7.47.